The maximum atomic E-state index is 9.85. The van der Waals surface area contributed by atoms with Gasteiger partial charge in [0.2, 0.25) is 0 Å². The predicted octanol–water partition coefficient (Wildman–Crippen LogP) is 3.42. The molecule has 2 heteroatoms. The fraction of sp³-hybridized carbons (Fsp3) is 0.667. The van der Waals surface area contributed by atoms with E-state index in [1.165, 1.54) is 15.3 Å². The van der Waals surface area contributed by atoms with E-state index in [9.17, 15) is 5.11 Å². The molecule has 1 aliphatic carbocycles. The molecule has 0 amide bonds. The zero-order valence-corrected chi connectivity index (χ0v) is 9.95. The van der Waals surface area contributed by atoms with E-state index in [2.05, 4.69) is 26.8 Å². The molecule has 0 fully saturated rings. The number of rotatable bonds is 0. The van der Waals surface area contributed by atoms with Crippen LogP contribution in [0.2, 0.25) is 0 Å². The van der Waals surface area contributed by atoms with Crippen molar-refractivity contribution in [3.8, 4) is 0 Å². The van der Waals surface area contributed by atoms with Gasteiger partial charge >= 0.3 is 0 Å². The topological polar surface area (TPSA) is 20.2 Å². The molecule has 1 aromatic heterocycles. The monoisotopic (exact) mass is 210 g/mol. The molecule has 1 atom stereocenters. The Morgan fingerprint density at radius 1 is 1.43 bits per heavy atom. The van der Waals surface area contributed by atoms with Gasteiger partial charge in [-0.05, 0) is 36.3 Å². The smallest absolute Gasteiger partial charge is 0.0885 e. The van der Waals surface area contributed by atoms with Gasteiger partial charge in [0.05, 0.1) is 6.10 Å². The zero-order valence-electron chi connectivity index (χ0n) is 9.13. The highest BCUT2D eigenvalue weighted by molar-refractivity contribution is 7.12. The van der Waals surface area contributed by atoms with E-state index in [4.69, 9.17) is 0 Å². The molecule has 1 aliphatic rings. The summed E-state index contributed by atoms with van der Waals surface area (Å²) in [6, 6.07) is 2.29. The third kappa shape index (κ3) is 1.73. The van der Waals surface area contributed by atoms with E-state index < -0.39 is 0 Å². The van der Waals surface area contributed by atoms with Gasteiger partial charge in [0.1, 0.15) is 0 Å². The Morgan fingerprint density at radius 3 is 2.71 bits per heavy atom. The van der Waals surface area contributed by atoms with E-state index in [0.717, 1.165) is 19.3 Å². The fourth-order valence-corrected chi connectivity index (χ4v) is 3.20. The zero-order chi connectivity index (χ0) is 10.3. The average Bonchev–Trinajstić information content (AvgIpc) is 2.48. The Hall–Kier alpha value is -0.340. The van der Waals surface area contributed by atoms with E-state index in [0.29, 0.717) is 0 Å². The van der Waals surface area contributed by atoms with Crippen LogP contribution < -0.4 is 0 Å². The molecule has 1 nitrogen and oxygen atoms in total. The maximum absolute atomic E-state index is 9.85. The van der Waals surface area contributed by atoms with Crippen LogP contribution in [0.15, 0.2) is 6.07 Å². The molecule has 1 heterocycles. The Morgan fingerprint density at radius 2 is 2.14 bits per heavy atom. The minimum Gasteiger partial charge on any atom is -0.388 e. The quantitative estimate of drug-likeness (QED) is 0.695. The SMILES string of the molecule is CC(C)(C)c1cc2c(s1)C(O)CCC2. The van der Waals surface area contributed by atoms with Crippen molar-refractivity contribution in [2.24, 2.45) is 0 Å². The van der Waals surface area contributed by atoms with E-state index in [-0.39, 0.29) is 11.5 Å². The summed E-state index contributed by atoms with van der Waals surface area (Å²) in [5, 5.41) is 9.85. The molecular weight excluding hydrogens is 192 g/mol. The molecule has 0 spiro atoms. The summed E-state index contributed by atoms with van der Waals surface area (Å²) in [5.74, 6) is 0. The number of aliphatic hydroxyl groups is 1. The molecule has 0 bridgehead atoms. The molecule has 2 rings (SSSR count). The van der Waals surface area contributed by atoms with Crippen molar-refractivity contribution < 1.29 is 5.11 Å². The Labute approximate surface area is 89.8 Å². The first-order valence-electron chi connectivity index (χ1n) is 5.29. The van der Waals surface area contributed by atoms with E-state index in [1.807, 2.05) is 0 Å². The van der Waals surface area contributed by atoms with Crippen LogP contribution in [-0.4, -0.2) is 5.11 Å². The fourth-order valence-electron chi connectivity index (χ4n) is 1.91. The van der Waals surface area contributed by atoms with Gasteiger partial charge in [-0.25, -0.2) is 0 Å². The van der Waals surface area contributed by atoms with Gasteiger partial charge in [0.25, 0.3) is 0 Å². The lowest BCUT2D eigenvalue weighted by Gasteiger charge is -2.16. The molecule has 0 aliphatic heterocycles. The molecule has 14 heavy (non-hydrogen) atoms. The van der Waals surface area contributed by atoms with Crippen LogP contribution in [0.3, 0.4) is 0 Å². The molecule has 1 N–H and O–H groups in total. The number of thiophene rings is 1. The summed E-state index contributed by atoms with van der Waals surface area (Å²) >= 11 is 1.80. The van der Waals surface area contributed by atoms with Gasteiger partial charge in [-0.2, -0.15) is 0 Å². The highest BCUT2D eigenvalue weighted by Gasteiger charge is 2.25. The Bertz CT molecular complexity index is 333. The minimum absolute atomic E-state index is 0.195. The number of aryl methyl sites for hydroxylation is 1. The second kappa shape index (κ2) is 3.35. The van der Waals surface area contributed by atoms with Gasteiger partial charge in [-0.3, -0.25) is 0 Å². The molecule has 0 aromatic carbocycles. The molecule has 0 saturated carbocycles. The average molecular weight is 210 g/mol. The number of fused-ring (bicyclic) bond motifs is 1. The summed E-state index contributed by atoms with van der Waals surface area (Å²) < 4.78 is 0. The van der Waals surface area contributed by atoms with Crippen LogP contribution in [0.1, 0.15) is 55.0 Å². The van der Waals surface area contributed by atoms with Crippen LogP contribution in [0.25, 0.3) is 0 Å². The van der Waals surface area contributed by atoms with Crippen molar-refractivity contribution in [2.45, 2.75) is 51.6 Å². The van der Waals surface area contributed by atoms with Gasteiger partial charge in [-0.1, -0.05) is 20.8 Å². The summed E-state index contributed by atoms with van der Waals surface area (Å²) in [7, 11) is 0. The van der Waals surface area contributed by atoms with Gasteiger partial charge < -0.3 is 5.11 Å². The van der Waals surface area contributed by atoms with Gasteiger partial charge in [-0.15, -0.1) is 11.3 Å². The second-order valence-corrected chi connectivity index (χ2v) is 6.24. The Kier molecular flexibility index (Phi) is 2.44. The largest absolute Gasteiger partial charge is 0.388 e. The van der Waals surface area contributed by atoms with Crippen molar-refractivity contribution >= 4 is 11.3 Å². The number of aliphatic hydroxyl groups excluding tert-OH is 1. The molecule has 0 saturated heterocycles. The predicted molar refractivity (Wildman–Crippen MR) is 60.9 cm³/mol. The highest BCUT2D eigenvalue weighted by Crippen LogP contribution is 2.40. The van der Waals surface area contributed by atoms with Crippen molar-refractivity contribution in [1.29, 1.82) is 0 Å². The number of hydrogen-bond acceptors (Lipinski definition) is 2. The van der Waals surface area contributed by atoms with Crippen molar-refractivity contribution in [1.82, 2.24) is 0 Å². The first-order valence-corrected chi connectivity index (χ1v) is 6.11. The molecule has 1 aromatic rings. The van der Waals surface area contributed by atoms with Crippen LogP contribution >= 0.6 is 11.3 Å². The molecule has 0 radical (unpaired) electrons. The third-order valence-electron chi connectivity index (χ3n) is 2.81. The molecule has 78 valence electrons. The summed E-state index contributed by atoms with van der Waals surface area (Å²) in [6.07, 6.45) is 3.03. The maximum Gasteiger partial charge on any atom is 0.0885 e. The molecular formula is C12H18OS. The van der Waals surface area contributed by atoms with Gasteiger partial charge in [0, 0.05) is 9.75 Å². The van der Waals surface area contributed by atoms with Crippen LogP contribution in [0, 0.1) is 0 Å². The first kappa shape index (κ1) is 10.2. The van der Waals surface area contributed by atoms with Gasteiger partial charge in [0.15, 0.2) is 0 Å². The lowest BCUT2D eigenvalue weighted by Crippen LogP contribution is -2.07. The lowest BCUT2D eigenvalue weighted by molar-refractivity contribution is 0.161. The summed E-state index contributed by atoms with van der Waals surface area (Å²) in [5.41, 5.74) is 1.61. The normalized spacial score (nSPS) is 22.1. The third-order valence-corrected chi connectivity index (χ3v) is 4.51. The lowest BCUT2D eigenvalue weighted by atomic mass is 9.91. The Balaban J connectivity index is 2.40. The standard InChI is InChI=1S/C12H18OS/c1-12(2,3)10-7-8-5-4-6-9(13)11(8)14-10/h7,9,13H,4-6H2,1-3H3. The summed E-state index contributed by atoms with van der Waals surface area (Å²) in [4.78, 5) is 2.63. The highest BCUT2D eigenvalue weighted by atomic mass is 32.1. The second-order valence-electron chi connectivity index (χ2n) is 5.16. The van der Waals surface area contributed by atoms with Crippen molar-refractivity contribution in [3.63, 3.8) is 0 Å². The minimum atomic E-state index is -0.195. The van der Waals surface area contributed by atoms with Crippen LogP contribution in [0.4, 0.5) is 0 Å². The summed E-state index contributed by atoms with van der Waals surface area (Å²) in [6.45, 7) is 6.70. The van der Waals surface area contributed by atoms with E-state index in [1.54, 1.807) is 11.3 Å². The van der Waals surface area contributed by atoms with Crippen molar-refractivity contribution in [3.05, 3.63) is 21.4 Å². The van der Waals surface area contributed by atoms with Crippen LogP contribution in [-0.2, 0) is 11.8 Å². The first-order chi connectivity index (χ1) is 6.48. The van der Waals surface area contributed by atoms with Crippen molar-refractivity contribution in [2.75, 3.05) is 0 Å². The van der Waals surface area contributed by atoms with E-state index >= 15 is 0 Å². The van der Waals surface area contributed by atoms with Crippen LogP contribution in [0.5, 0.6) is 0 Å². The molecule has 1 unspecified atom stereocenters. The number of hydrogen-bond donors (Lipinski definition) is 1.